The van der Waals surface area contributed by atoms with Gasteiger partial charge in [0.1, 0.15) is 11.6 Å². The van der Waals surface area contributed by atoms with E-state index in [1.165, 1.54) is 5.56 Å². The first-order valence-electron chi connectivity index (χ1n) is 9.37. The van der Waals surface area contributed by atoms with Gasteiger partial charge in [0.2, 0.25) is 0 Å². The maximum absolute atomic E-state index is 12.9. The van der Waals surface area contributed by atoms with E-state index in [4.69, 9.17) is 4.74 Å². The Kier molecular flexibility index (Phi) is 4.98. The summed E-state index contributed by atoms with van der Waals surface area (Å²) in [6.45, 7) is 3.21. The summed E-state index contributed by atoms with van der Waals surface area (Å²) in [4.78, 5) is 19.2. The molecule has 1 aliphatic heterocycles. The van der Waals surface area contributed by atoms with Crippen molar-refractivity contribution in [2.75, 3.05) is 12.4 Å². The summed E-state index contributed by atoms with van der Waals surface area (Å²) in [6, 6.07) is 19.9. The molecule has 2 heterocycles. The molecule has 4 rings (SSSR count). The predicted molar refractivity (Wildman–Crippen MR) is 109 cm³/mol. The minimum Gasteiger partial charge on any atom is -0.497 e. The van der Waals surface area contributed by atoms with Gasteiger partial charge < -0.3 is 15.0 Å². The molecule has 5 nitrogen and oxygen atoms in total. The van der Waals surface area contributed by atoms with Gasteiger partial charge in [-0.1, -0.05) is 42.5 Å². The molecule has 2 aromatic carbocycles. The number of nitrogens with zero attached hydrogens (tertiary/aromatic N) is 2. The van der Waals surface area contributed by atoms with Crippen LogP contribution in [-0.4, -0.2) is 22.9 Å². The smallest absolute Gasteiger partial charge is 0.255 e. The number of methoxy groups -OCH3 is 1. The van der Waals surface area contributed by atoms with Gasteiger partial charge >= 0.3 is 0 Å². The number of hydrogen-bond acceptors (Lipinski definition) is 4. The quantitative estimate of drug-likeness (QED) is 0.695. The molecule has 0 radical (unpaired) electrons. The minimum absolute atomic E-state index is 0.0450. The predicted octanol–water partition coefficient (Wildman–Crippen LogP) is 4.42. The van der Waals surface area contributed by atoms with Crippen LogP contribution in [0.2, 0.25) is 0 Å². The van der Waals surface area contributed by atoms with E-state index in [2.05, 4.69) is 29.4 Å². The lowest BCUT2D eigenvalue weighted by Crippen LogP contribution is -2.23. The van der Waals surface area contributed by atoms with Crippen LogP contribution in [0.5, 0.6) is 5.75 Å². The molecule has 0 spiro atoms. The van der Waals surface area contributed by atoms with Gasteiger partial charge in [-0.25, -0.2) is 4.98 Å². The Bertz CT molecular complexity index is 971. The highest BCUT2D eigenvalue weighted by molar-refractivity contribution is 5.99. The largest absolute Gasteiger partial charge is 0.497 e. The van der Waals surface area contributed by atoms with Crippen LogP contribution in [0.25, 0.3) is 0 Å². The van der Waals surface area contributed by atoms with Gasteiger partial charge in [-0.3, -0.25) is 4.79 Å². The van der Waals surface area contributed by atoms with Gasteiger partial charge in [0.05, 0.1) is 13.7 Å². The minimum atomic E-state index is 0.0450. The SMILES string of the molecule is COc1ccc(CN2Cc3c(ccnc3N[C@@H](C)c3ccccc3)C2=O)cc1. The van der Waals surface area contributed by atoms with E-state index in [-0.39, 0.29) is 11.9 Å². The van der Waals surface area contributed by atoms with E-state index in [1.807, 2.05) is 53.4 Å². The highest BCUT2D eigenvalue weighted by atomic mass is 16.5. The summed E-state index contributed by atoms with van der Waals surface area (Å²) >= 11 is 0. The van der Waals surface area contributed by atoms with Gasteiger partial charge in [0.15, 0.2) is 0 Å². The fourth-order valence-corrected chi connectivity index (χ4v) is 3.52. The number of pyridine rings is 1. The molecule has 142 valence electrons. The van der Waals surface area contributed by atoms with Crippen molar-refractivity contribution in [1.29, 1.82) is 0 Å². The van der Waals surface area contributed by atoms with E-state index in [0.717, 1.165) is 28.3 Å². The number of carbonyl (C=O) groups excluding carboxylic acids is 1. The first-order chi connectivity index (χ1) is 13.7. The van der Waals surface area contributed by atoms with Crippen molar-refractivity contribution in [2.24, 2.45) is 0 Å². The zero-order chi connectivity index (χ0) is 19.5. The van der Waals surface area contributed by atoms with Crippen molar-refractivity contribution in [1.82, 2.24) is 9.88 Å². The van der Waals surface area contributed by atoms with Gasteiger partial charge in [-0.15, -0.1) is 0 Å². The van der Waals surface area contributed by atoms with Crippen molar-refractivity contribution in [3.8, 4) is 5.75 Å². The van der Waals surface area contributed by atoms with Crippen LogP contribution in [0.1, 0.15) is 40.0 Å². The van der Waals surface area contributed by atoms with Gasteiger partial charge in [0, 0.05) is 29.9 Å². The lowest BCUT2D eigenvalue weighted by molar-refractivity contribution is 0.0767. The number of ether oxygens (including phenoxy) is 1. The molecule has 0 saturated heterocycles. The van der Waals surface area contributed by atoms with E-state index < -0.39 is 0 Å². The average Bonchev–Trinajstić information content (AvgIpc) is 3.06. The van der Waals surface area contributed by atoms with Crippen LogP contribution in [0.15, 0.2) is 66.9 Å². The van der Waals surface area contributed by atoms with Crippen LogP contribution in [0.4, 0.5) is 5.82 Å². The van der Waals surface area contributed by atoms with Gasteiger partial charge in [0.25, 0.3) is 5.91 Å². The van der Waals surface area contributed by atoms with Crippen LogP contribution in [0, 0.1) is 0 Å². The maximum atomic E-state index is 12.9. The van der Waals surface area contributed by atoms with Gasteiger partial charge in [-0.2, -0.15) is 0 Å². The Balaban J connectivity index is 1.52. The molecule has 0 saturated carbocycles. The highest BCUT2D eigenvalue weighted by Gasteiger charge is 2.30. The second-order valence-corrected chi connectivity index (χ2v) is 6.97. The van der Waals surface area contributed by atoms with E-state index in [1.54, 1.807) is 13.3 Å². The molecule has 1 aromatic heterocycles. The third-order valence-corrected chi connectivity index (χ3v) is 5.11. The molecular weight excluding hydrogens is 350 g/mol. The Labute approximate surface area is 165 Å². The normalized spacial score (nSPS) is 13.9. The molecule has 1 atom stereocenters. The zero-order valence-corrected chi connectivity index (χ0v) is 16.1. The Hall–Kier alpha value is -3.34. The van der Waals surface area contributed by atoms with Crippen LogP contribution < -0.4 is 10.1 Å². The lowest BCUT2D eigenvalue weighted by atomic mass is 10.1. The highest BCUT2D eigenvalue weighted by Crippen LogP contribution is 2.31. The standard InChI is InChI=1S/C23H23N3O2/c1-16(18-6-4-3-5-7-18)25-22-21-15-26(23(27)20(21)12-13-24-22)14-17-8-10-19(28-2)11-9-17/h3-13,16H,14-15H2,1-2H3,(H,24,25)/t16-/m0/s1. The number of hydrogen-bond donors (Lipinski definition) is 1. The molecule has 28 heavy (non-hydrogen) atoms. The third-order valence-electron chi connectivity index (χ3n) is 5.11. The van der Waals surface area contributed by atoms with E-state index in [9.17, 15) is 4.79 Å². The number of fused-ring (bicyclic) bond motifs is 1. The molecule has 1 aliphatic rings. The molecule has 3 aromatic rings. The van der Waals surface area contributed by atoms with Crippen LogP contribution in [-0.2, 0) is 13.1 Å². The fourth-order valence-electron chi connectivity index (χ4n) is 3.52. The van der Waals surface area contributed by atoms with Crippen LogP contribution >= 0.6 is 0 Å². The number of benzene rings is 2. The fraction of sp³-hybridized carbons (Fsp3) is 0.217. The van der Waals surface area contributed by atoms with E-state index >= 15 is 0 Å². The lowest BCUT2D eigenvalue weighted by Gasteiger charge is -2.18. The Morgan fingerprint density at radius 2 is 1.86 bits per heavy atom. The first-order valence-corrected chi connectivity index (χ1v) is 9.37. The molecule has 5 heteroatoms. The second-order valence-electron chi connectivity index (χ2n) is 6.97. The van der Waals surface area contributed by atoms with E-state index in [0.29, 0.717) is 13.1 Å². The molecule has 0 aliphatic carbocycles. The summed E-state index contributed by atoms with van der Waals surface area (Å²) < 4.78 is 5.20. The van der Waals surface area contributed by atoms with Crippen LogP contribution in [0.3, 0.4) is 0 Å². The number of anilines is 1. The first kappa shape index (κ1) is 18.0. The summed E-state index contributed by atoms with van der Waals surface area (Å²) in [7, 11) is 1.65. The molecule has 1 amide bonds. The number of aromatic nitrogens is 1. The molecule has 0 bridgehead atoms. The van der Waals surface area contributed by atoms with Crippen molar-refractivity contribution < 1.29 is 9.53 Å². The van der Waals surface area contributed by atoms with Crippen molar-refractivity contribution in [2.45, 2.75) is 26.1 Å². The number of nitrogens with one attached hydrogen (secondary N) is 1. The molecular formula is C23H23N3O2. The van der Waals surface area contributed by atoms with Crippen molar-refractivity contribution in [3.63, 3.8) is 0 Å². The maximum Gasteiger partial charge on any atom is 0.255 e. The Morgan fingerprint density at radius 3 is 2.57 bits per heavy atom. The Morgan fingerprint density at radius 1 is 1.11 bits per heavy atom. The summed E-state index contributed by atoms with van der Waals surface area (Å²) in [6.07, 6.45) is 1.70. The molecule has 1 N–H and O–H groups in total. The molecule has 0 unspecified atom stereocenters. The topological polar surface area (TPSA) is 54.5 Å². The summed E-state index contributed by atoms with van der Waals surface area (Å²) in [5, 5.41) is 3.47. The van der Waals surface area contributed by atoms with Crippen molar-refractivity contribution in [3.05, 3.63) is 89.1 Å². The summed E-state index contributed by atoms with van der Waals surface area (Å²) in [5.41, 5.74) is 3.94. The molecule has 0 fully saturated rings. The summed E-state index contributed by atoms with van der Waals surface area (Å²) in [5.74, 6) is 1.63. The zero-order valence-electron chi connectivity index (χ0n) is 16.1. The van der Waals surface area contributed by atoms with Crippen molar-refractivity contribution >= 4 is 11.7 Å². The average molecular weight is 373 g/mol. The van der Waals surface area contributed by atoms with Gasteiger partial charge in [-0.05, 0) is 36.2 Å². The number of carbonyl (C=O) groups is 1. The third kappa shape index (κ3) is 3.56. The number of rotatable bonds is 6. The monoisotopic (exact) mass is 373 g/mol. The number of amides is 1. The second kappa shape index (κ2) is 7.72.